The first kappa shape index (κ1) is 14.7. The van der Waals surface area contributed by atoms with E-state index >= 15 is 0 Å². The second-order valence-electron chi connectivity index (χ2n) is 5.09. The Morgan fingerprint density at radius 1 is 1.29 bits per heavy atom. The summed E-state index contributed by atoms with van der Waals surface area (Å²) in [5.74, 6) is 0.859. The summed E-state index contributed by atoms with van der Waals surface area (Å²) >= 11 is 0. The number of hydrogen-bond acceptors (Lipinski definition) is 2. The number of ether oxygens (including phenoxy) is 1. The summed E-state index contributed by atoms with van der Waals surface area (Å²) in [6.45, 7) is 11.4. The third-order valence-corrected chi connectivity index (χ3v) is 3.69. The molecule has 17 heavy (non-hydrogen) atoms. The van der Waals surface area contributed by atoms with Gasteiger partial charge in [-0.2, -0.15) is 0 Å². The second kappa shape index (κ2) is 9.67. The van der Waals surface area contributed by atoms with Crippen LogP contribution in [0, 0.1) is 5.92 Å². The molecule has 0 aromatic heterocycles. The first-order valence-electron chi connectivity index (χ1n) is 7.27. The first-order valence-corrected chi connectivity index (χ1v) is 7.27. The molecule has 0 aliphatic heterocycles. The molecule has 0 radical (unpaired) electrons. The predicted octanol–water partition coefficient (Wildman–Crippen LogP) is 3.48. The molecule has 1 rings (SSSR count). The quantitative estimate of drug-likeness (QED) is 0.427. The van der Waals surface area contributed by atoms with Gasteiger partial charge in [-0.3, -0.25) is 0 Å². The molecule has 0 aromatic carbocycles. The molecule has 0 N–H and O–H groups in total. The fourth-order valence-electron chi connectivity index (χ4n) is 2.52. The van der Waals surface area contributed by atoms with Gasteiger partial charge < -0.3 is 9.64 Å². The van der Waals surface area contributed by atoms with E-state index in [9.17, 15) is 0 Å². The highest BCUT2D eigenvalue weighted by Gasteiger charge is 2.14. The van der Waals surface area contributed by atoms with Gasteiger partial charge in [0.2, 0.25) is 0 Å². The molecule has 1 fully saturated rings. The van der Waals surface area contributed by atoms with Gasteiger partial charge in [0.1, 0.15) is 0 Å². The zero-order valence-electron chi connectivity index (χ0n) is 11.5. The fourth-order valence-corrected chi connectivity index (χ4v) is 2.52. The van der Waals surface area contributed by atoms with E-state index in [1.807, 2.05) is 6.08 Å². The molecule has 100 valence electrons. The van der Waals surface area contributed by atoms with Crippen LogP contribution in [0.5, 0.6) is 0 Å². The van der Waals surface area contributed by atoms with Crippen LogP contribution < -0.4 is 0 Å². The molecule has 2 nitrogen and oxygen atoms in total. The molecular weight excluding hydrogens is 210 g/mol. The van der Waals surface area contributed by atoms with Crippen LogP contribution in [0.2, 0.25) is 0 Å². The van der Waals surface area contributed by atoms with Gasteiger partial charge in [-0.1, -0.05) is 25.8 Å². The largest absolute Gasteiger partial charge is 0.381 e. The van der Waals surface area contributed by atoms with E-state index in [0.717, 1.165) is 51.6 Å². The van der Waals surface area contributed by atoms with Crippen molar-refractivity contribution in [3.8, 4) is 0 Å². The van der Waals surface area contributed by atoms with E-state index in [4.69, 9.17) is 4.74 Å². The van der Waals surface area contributed by atoms with E-state index in [2.05, 4.69) is 18.4 Å². The van der Waals surface area contributed by atoms with Crippen LogP contribution in [-0.2, 0) is 4.74 Å². The molecule has 0 aromatic rings. The van der Waals surface area contributed by atoms with Crippen molar-refractivity contribution >= 4 is 0 Å². The Labute approximate surface area is 107 Å². The van der Waals surface area contributed by atoms with Crippen LogP contribution in [0.1, 0.15) is 45.4 Å². The molecule has 0 heterocycles. The molecular formula is C15H29NO. The van der Waals surface area contributed by atoms with Gasteiger partial charge >= 0.3 is 0 Å². The minimum atomic E-state index is 0.859. The van der Waals surface area contributed by atoms with E-state index in [1.165, 1.54) is 25.7 Å². The Bertz CT molecular complexity index is 187. The third-order valence-electron chi connectivity index (χ3n) is 3.69. The number of nitrogens with zero attached hydrogens (tertiary/aromatic N) is 1. The maximum Gasteiger partial charge on any atom is 0.0494 e. The van der Waals surface area contributed by atoms with Crippen molar-refractivity contribution < 1.29 is 4.74 Å². The summed E-state index contributed by atoms with van der Waals surface area (Å²) in [7, 11) is 0. The standard InChI is InChI=1S/C15H29NO/c1-3-5-11-16(4-2)12-8-13-17-14-15-9-6-7-10-15/h3,15H,1,4-14H2,2H3. The zero-order valence-corrected chi connectivity index (χ0v) is 11.5. The van der Waals surface area contributed by atoms with Crippen LogP contribution in [0.15, 0.2) is 12.7 Å². The number of hydrogen-bond donors (Lipinski definition) is 0. The van der Waals surface area contributed by atoms with Crippen LogP contribution in [0.25, 0.3) is 0 Å². The minimum Gasteiger partial charge on any atom is -0.381 e. The summed E-state index contributed by atoms with van der Waals surface area (Å²) < 4.78 is 5.77. The maximum absolute atomic E-state index is 5.77. The smallest absolute Gasteiger partial charge is 0.0494 e. The summed E-state index contributed by atoms with van der Waals surface area (Å²) in [4.78, 5) is 2.47. The molecule has 0 atom stereocenters. The lowest BCUT2D eigenvalue weighted by Gasteiger charge is -2.19. The molecule has 2 heteroatoms. The van der Waals surface area contributed by atoms with Gasteiger partial charge in [0.25, 0.3) is 0 Å². The SMILES string of the molecule is C=CCCN(CC)CCCOCC1CCCC1. The van der Waals surface area contributed by atoms with E-state index < -0.39 is 0 Å². The van der Waals surface area contributed by atoms with Crippen LogP contribution in [0.3, 0.4) is 0 Å². The van der Waals surface area contributed by atoms with Crippen molar-refractivity contribution in [1.82, 2.24) is 4.90 Å². The normalized spacial score (nSPS) is 16.8. The molecule has 1 saturated carbocycles. The Kier molecular flexibility index (Phi) is 8.37. The van der Waals surface area contributed by atoms with Crippen LogP contribution in [0.4, 0.5) is 0 Å². The summed E-state index contributed by atoms with van der Waals surface area (Å²) in [5, 5.41) is 0. The second-order valence-corrected chi connectivity index (χ2v) is 5.09. The van der Waals surface area contributed by atoms with Gasteiger partial charge in [0.05, 0.1) is 0 Å². The van der Waals surface area contributed by atoms with Gasteiger partial charge in [-0.25, -0.2) is 0 Å². The minimum absolute atomic E-state index is 0.859. The Morgan fingerprint density at radius 2 is 2.06 bits per heavy atom. The van der Waals surface area contributed by atoms with Gasteiger partial charge in [0, 0.05) is 26.3 Å². The maximum atomic E-state index is 5.77. The molecule has 0 bridgehead atoms. The van der Waals surface area contributed by atoms with Gasteiger partial charge in [-0.05, 0) is 38.1 Å². The molecule has 0 unspecified atom stereocenters. The van der Waals surface area contributed by atoms with E-state index in [-0.39, 0.29) is 0 Å². The molecule has 1 aliphatic carbocycles. The highest BCUT2D eigenvalue weighted by Crippen LogP contribution is 2.24. The average Bonchev–Trinajstić information content (AvgIpc) is 2.85. The Hall–Kier alpha value is -0.340. The molecule has 0 amide bonds. The lowest BCUT2D eigenvalue weighted by atomic mass is 10.1. The zero-order chi connectivity index (χ0) is 12.3. The monoisotopic (exact) mass is 239 g/mol. The van der Waals surface area contributed by atoms with Crippen molar-refractivity contribution in [2.24, 2.45) is 5.92 Å². The van der Waals surface area contributed by atoms with E-state index in [0.29, 0.717) is 0 Å². The van der Waals surface area contributed by atoms with Crippen molar-refractivity contribution in [3.63, 3.8) is 0 Å². The lowest BCUT2D eigenvalue weighted by molar-refractivity contribution is 0.0923. The lowest BCUT2D eigenvalue weighted by Crippen LogP contribution is -2.26. The van der Waals surface area contributed by atoms with Crippen molar-refractivity contribution in [1.29, 1.82) is 0 Å². The van der Waals surface area contributed by atoms with Crippen molar-refractivity contribution in [3.05, 3.63) is 12.7 Å². The fraction of sp³-hybridized carbons (Fsp3) is 0.867. The predicted molar refractivity (Wildman–Crippen MR) is 74.3 cm³/mol. The first-order chi connectivity index (χ1) is 8.36. The van der Waals surface area contributed by atoms with Gasteiger partial charge in [0.15, 0.2) is 0 Å². The average molecular weight is 239 g/mol. The van der Waals surface area contributed by atoms with E-state index in [1.54, 1.807) is 0 Å². The highest BCUT2D eigenvalue weighted by atomic mass is 16.5. The Morgan fingerprint density at radius 3 is 2.71 bits per heavy atom. The molecule has 0 spiro atoms. The summed E-state index contributed by atoms with van der Waals surface area (Å²) in [5.41, 5.74) is 0. The van der Waals surface area contributed by atoms with Crippen molar-refractivity contribution in [2.45, 2.75) is 45.4 Å². The summed E-state index contributed by atoms with van der Waals surface area (Å²) in [6.07, 6.45) is 9.87. The third kappa shape index (κ3) is 6.85. The molecule has 0 saturated heterocycles. The van der Waals surface area contributed by atoms with Crippen molar-refractivity contribution in [2.75, 3.05) is 32.8 Å². The highest BCUT2D eigenvalue weighted by molar-refractivity contribution is 4.69. The van der Waals surface area contributed by atoms with Gasteiger partial charge in [-0.15, -0.1) is 6.58 Å². The Balaban J connectivity index is 1.92. The topological polar surface area (TPSA) is 12.5 Å². The van der Waals surface area contributed by atoms with Crippen LogP contribution >= 0.6 is 0 Å². The van der Waals surface area contributed by atoms with Crippen LogP contribution in [-0.4, -0.2) is 37.7 Å². The number of rotatable bonds is 10. The molecule has 1 aliphatic rings. The summed E-state index contributed by atoms with van der Waals surface area (Å²) in [6, 6.07) is 0.